The molecule has 130 valence electrons. The highest BCUT2D eigenvalue weighted by Gasteiger charge is 2.07. The molecule has 0 fully saturated rings. The Morgan fingerprint density at radius 3 is 2.88 bits per heavy atom. The van der Waals surface area contributed by atoms with E-state index in [0.717, 1.165) is 28.8 Å². The van der Waals surface area contributed by atoms with E-state index in [2.05, 4.69) is 45.9 Å². The van der Waals surface area contributed by atoms with Crippen LogP contribution in [0, 0.1) is 6.92 Å². The lowest BCUT2D eigenvalue weighted by molar-refractivity contribution is 0.223. The molecule has 0 spiro atoms. The lowest BCUT2D eigenvalue weighted by Gasteiger charge is -2.17. The van der Waals surface area contributed by atoms with Crippen molar-refractivity contribution in [2.24, 2.45) is 4.99 Å². The van der Waals surface area contributed by atoms with Crippen molar-refractivity contribution in [3.05, 3.63) is 45.9 Å². The molecule has 0 aliphatic rings. The Morgan fingerprint density at radius 2 is 2.21 bits per heavy atom. The van der Waals surface area contributed by atoms with Crippen LogP contribution in [-0.2, 0) is 13.0 Å². The van der Waals surface area contributed by atoms with Gasteiger partial charge >= 0.3 is 0 Å². The van der Waals surface area contributed by atoms with Crippen molar-refractivity contribution in [3.63, 3.8) is 0 Å². The molecule has 0 saturated heterocycles. The van der Waals surface area contributed by atoms with Crippen molar-refractivity contribution in [3.8, 4) is 5.75 Å². The number of benzene rings is 1. The summed E-state index contributed by atoms with van der Waals surface area (Å²) in [6, 6.07) is 8.08. The Kier molecular flexibility index (Phi) is 7.06. The van der Waals surface area contributed by atoms with E-state index in [1.807, 2.05) is 25.1 Å². The first-order valence-corrected chi connectivity index (χ1v) is 9.09. The van der Waals surface area contributed by atoms with Crippen LogP contribution in [0.1, 0.15) is 30.1 Å². The van der Waals surface area contributed by atoms with Gasteiger partial charge in [-0.1, -0.05) is 19.1 Å². The second-order valence-electron chi connectivity index (χ2n) is 5.64. The van der Waals surface area contributed by atoms with Gasteiger partial charge in [0.25, 0.3) is 0 Å². The minimum absolute atomic E-state index is 0.0383. The van der Waals surface area contributed by atoms with Crippen LogP contribution in [0.3, 0.4) is 0 Å². The van der Waals surface area contributed by atoms with E-state index in [1.54, 1.807) is 18.4 Å². The van der Waals surface area contributed by atoms with Crippen LogP contribution in [0.2, 0.25) is 0 Å². The fourth-order valence-electron chi connectivity index (χ4n) is 2.19. The maximum Gasteiger partial charge on any atom is 0.191 e. The number of aryl methyl sites for hydroxylation is 2. The van der Waals surface area contributed by atoms with E-state index in [4.69, 9.17) is 4.74 Å². The second-order valence-corrected chi connectivity index (χ2v) is 6.58. The number of hydrogen-bond donors (Lipinski definition) is 2. The van der Waals surface area contributed by atoms with Crippen LogP contribution in [0.15, 0.2) is 34.6 Å². The van der Waals surface area contributed by atoms with Crippen molar-refractivity contribution in [1.29, 1.82) is 0 Å². The minimum atomic E-state index is 0.0383. The highest BCUT2D eigenvalue weighted by molar-refractivity contribution is 7.09. The standard InChI is InChI=1S/C18H26N4OS/c1-5-17-22-15(12-24-17)11-21-18(19-4)20-10-14(3)23-16-8-6-7-13(2)9-16/h6-9,12,14H,5,10-11H2,1-4H3,(H2,19,20,21). The number of aliphatic imine (C=N–C) groups is 1. The smallest absolute Gasteiger partial charge is 0.191 e. The normalized spacial score (nSPS) is 12.8. The SMILES string of the molecule is CCc1nc(CNC(=NC)NCC(C)Oc2cccc(C)c2)cs1. The van der Waals surface area contributed by atoms with Crippen LogP contribution in [-0.4, -0.2) is 30.6 Å². The van der Waals surface area contributed by atoms with E-state index in [-0.39, 0.29) is 6.10 Å². The van der Waals surface area contributed by atoms with Crippen molar-refractivity contribution in [1.82, 2.24) is 15.6 Å². The zero-order valence-corrected chi connectivity index (χ0v) is 15.6. The third kappa shape index (κ3) is 5.85. The van der Waals surface area contributed by atoms with Gasteiger partial charge in [-0.05, 0) is 38.0 Å². The average molecular weight is 347 g/mol. The molecule has 0 amide bonds. The summed E-state index contributed by atoms with van der Waals surface area (Å²) in [5, 5.41) is 9.81. The Morgan fingerprint density at radius 1 is 1.38 bits per heavy atom. The molecule has 5 nitrogen and oxygen atoms in total. The average Bonchev–Trinajstić information content (AvgIpc) is 3.03. The molecule has 24 heavy (non-hydrogen) atoms. The van der Waals surface area contributed by atoms with E-state index in [0.29, 0.717) is 13.1 Å². The molecule has 0 saturated carbocycles. The maximum atomic E-state index is 5.91. The molecule has 2 aromatic rings. The first kappa shape index (κ1) is 18.3. The van der Waals surface area contributed by atoms with E-state index in [9.17, 15) is 0 Å². The topological polar surface area (TPSA) is 58.5 Å². The van der Waals surface area contributed by atoms with E-state index in [1.165, 1.54) is 5.56 Å². The number of ether oxygens (including phenoxy) is 1. The second kappa shape index (κ2) is 9.27. The molecule has 1 aromatic carbocycles. The van der Waals surface area contributed by atoms with Gasteiger partial charge in [0.15, 0.2) is 5.96 Å². The van der Waals surface area contributed by atoms with Crippen molar-refractivity contribution in [2.75, 3.05) is 13.6 Å². The number of guanidine groups is 1. The zero-order chi connectivity index (χ0) is 17.4. The lowest BCUT2D eigenvalue weighted by Crippen LogP contribution is -2.41. The van der Waals surface area contributed by atoms with Gasteiger partial charge in [0.2, 0.25) is 0 Å². The number of nitrogens with zero attached hydrogens (tertiary/aromatic N) is 2. The molecular weight excluding hydrogens is 320 g/mol. The van der Waals surface area contributed by atoms with Gasteiger partial charge < -0.3 is 15.4 Å². The van der Waals surface area contributed by atoms with Gasteiger partial charge in [0.1, 0.15) is 11.9 Å². The highest BCUT2D eigenvalue weighted by atomic mass is 32.1. The minimum Gasteiger partial charge on any atom is -0.489 e. The summed E-state index contributed by atoms with van der Waals surface area (Å²) >= 11 is 1.70. The van der Waals surface area contributed by atoms with Crippen molar-refractivity contribution < 1.29 is 4.74 Å². The monoisotopic (exact) mass is 346 g/mol. The molecular formula is C18H26N4OS. The summed E-state index contributed by atoms with van der Waals surface area (Å²) in [4.78, 5) is 8.78. The summed E-state index contributed by atoms with van der Waals surface area (Å²) in [6.45, 7) is 7.56. The quantitative estimate of drug-likeness (QED) is 0.597. The van der Waals surface area contributed by atoms with E-state index < -0.39 is 0 Å². The number of hydrogen-bond acceptors (Lipinski definition) is 4. The Bertz CT molecular complexity index is 669. The Hall–Kier alpha value is -2.08. The van der Waals surface area contributed by atoms with Gasteiger partial charge in [-0.2, -0.15) is 0 Å². The number of nitrogens with one attached hydrogen (secondary N) is 2. The summed E-state index contributed by atoms with van der Waals surface area (Å²) in [6.07, 6.45) is 1.02. The number of rotatable bonds is 7. The molecule has 1 unspecified atom stereocenters. The zero-order valence-electron chi connectivity index (χ0n) is 14.8. The fourth-order valence-corrected chi connectivity index (χ4v) is 2.94. The number of thiazole rings is 1. The third-order valence-corrected chi connectivity index (χ3v) is 4.49. The summed E-state index contributed by atoms with van der Waals surface area (Å²) in [7, 11) is 1.76. The molecule has 0 aliphatic carbocycles. The molecule has 2 N–H and O–H groups in total. The molecule has 6 heteroatoms. The molecule has 0 radical (unpaired) electrons. The van der Waals surface area contributed by atoms with Gasteiger partial charge in [-0.3, -0.25) is 4.99 Å². The van der Waals surface area contributed by atoms with Gasteiger partial charge in [-0.25, -0.2) is 4.98 Å². The molecule has 2 rings (SSSR count). The van der Waals surface area contributed by atoms with E-state index >= 15 is 0 Å². The number of aromatic nitrogens is 1. The predicted octanol–water partition coefficient (Wildman–Crippen LogP) is 3.15. The summed E-state index contributed by atoms with van der Waals surface area (Å²) in [5.41, 5.74) is 2.24. The third-order valence-electron chi connectivity index (χ3n) is 3.45. The lowest BCUT2D eigenvalue weighted by atomic mass is 10.2. The Labute approximate surface area is 148 Å². The van der Waals surface area contributed by atoms with Crippen LogP contribution in [0.25, 0.3) is 0 Å². The Balaban J connectivity index is 1.76. The highest BCUT2D eigenvalue weighted by Crippen LogP contribution is 2.14. The molecule has 0 aliphatic heterocycles. The fraction of sp³-hybridized carbons (Fsp3) is 0.444. The largest absolute Gasteiger partial charge is 0.489 e. The van der Waals surface area contributed by atoms with Crippen LogP contribution in [0.5, 0.6) is 5.75 Å². The first-order valence-electron chi connectivity index (χ1n) is 8.21. The summed E-state index contributed by atoms with van der Waals surface area (Å²) < 4.78 is 5.91. The summed E-state index contributed by atoms with van der Waals surface area (Å²) in [5.74, 6) is 1.64. The molecule has 1 heterocycles. The molecule has 0 bridgehead atoms. The van der Waals surface area contributed by atoms with Gasteiger partial charge in [0.05, 0.1) is 23.8 Å². The van der Waals surface area contributed by atoms with Crippen LogP contribution < -0.4 is 15.4 Å². The predicted molar refractivity (Wildman–Crippen MR) is 101 cm³/mol. The van der Waals surface area contributed by atoms with Crippen molar-refractivity contribution >= 4 is 17.3 Å². The molecule has 1 atom stereocenters. The van der Waals surface area contributed by atoms with Crippen molar-refractivity contribution in [2.45, 2.75) is 39.8 Å². The van der Waals surface area contributed by atoms with Crippen LogP contribution in [0.4, 0.5) is 0 Å². The molecule has 1 aromatic heterocycles. The maximum absolute atomic E-state index is 5.91. The first-order chi connectivity index (χ1) is 11.6. The van der Waals surface area contributed by atoms with Crippen LogP contribution >= 0.6 is 11.3 Å². The van der Waals surface area contributed by atoms with Gasteiger partial charge in [-0.15, -0.1) is 11.3 Å². The van der Waals surface area contributed by atoms with Gasteiger partial charge in [0, 0.05) is 12.4 Å².